The smallest absolute Gasteiger partial charge is 0.325 e. The van der Waals surface area contributed by atoms with E-state index in [1.165, 1.54) is 26.4 Å². The lowest BCUT2D eigenvalue weighted by molar-refractivity contribution is -0.149. The molecular weight excluding hydrogens is 266 g/mol. The predicted molar refractivity (Wildman–Crippen MR) is 87.4 cm³/mol. The lowest BCUT2D eigenvalue weighted by Crippen LogP contribution is -2.52. The molecule has 0 aliphatic heterocycles. The van der Waals surface area contributed by atoms with E-state index in [2.05, 4.69) is 19.2 Å². The fraction of sp³-hybridized carbons (Fsp3) is 0.941. The second-order valence-electron chi connectivity index (χ2n) is 6.12. The van der Waals surface area contributed by atoms with Crippen LogP contribution in [-0.2, 0) is 14.3 Å². The summed E-state index contributed by atoms with van der Waals surface area (Å²) in [6, 6.07) is 0. The van der Waals surface area contributed by atoms with Gasteiger partial charge < -0.3 is 14.8 Å². The molecule has 0 aromatic rings. The van der Waals surface area contributed by atoms with E-state index in [1.54, 1.807) is 0 Å². The Kier molecular flexibility index (Phi) is 10.7. The van der Waals surface area contributed by atoms with Crippen LogP contribution in [0, 0.1) is 5.92 Å². The largest absolute Gasteiger partial charge is 0.468 e. The van der Waals surface area contributed by atoms with Crippen molar-refractivity contribution in [2.24, 2.45) is 5.92 Å². The predicted octanol–water partition coefficient (Wildman–Crippen LogP) is 3.54. The quantitative estimate of drug-likeness (QED) is 0.560. The zero-order valence-electron chi connectivity index (χ0n) is 14.8. The lowest BCUT2D eigenvalue weighted by atomic mass is 9.94. The summed E-state index contributed by atoms with van der Waals surface area (Å²) >= 11 is 0. The molecule has 3 atom stereocenters. The first-order valence-electron chi connectivity index (χ1n) is 8.38. The molecule has 0 heterocycles. The monoisotopic (exact) mass is 301 g/mol. The van der Waals surface area contributed by atoms with Gasteiger partial charge in [0.1, 0.15) is 5.54 Å². The molecule has 21 heavy (non-hydrogen) atoms. The number of nitrogens with one attached hydrogen (secondary N) is 1. The Morgan fingerprint density at radius 3 is 2.43 bits per heavy atom. The maximum Gasteiger partial charge on any atom is 0.325 e. The molecule has 0 aromatic heterocycles. The third-order valence-electron chi connectivity index (χ3n) is 4.06. The normalized spacial score (nSPS) is 17.0. The highest BCUT2D eigenvalue weighted by Gasteiger charge is 2.35. The molecule has 0 aromatic carbocycles. The standard InChI is InChI=1S/C17H35NO3/c1-7-10-11-15(8-2)13-21-14(4)12-17(5,18-9-3)16(19)20-6/h14-15,18H,7-13H2,1-6H3. The molecule has 1 N–H and O–H groups in total. The van der Waals surface area contributed by atoms with Gasteiger partial charge >= 0.3 is 5.97 Å². The molecule has 4 heteroatoms. The fourth-order valence-electron chi connectivity index (χ4n) is 2.68. The number of methoxy groups -OCH3 is 1. The number of hydrogen-bond donors (Lipinski definition) is 1. The summed E-state index contributed by atoms with van der Waals surface area (Å²) in [6.07, 6.45) is 5.51. The molecule has 126 valence electrons. The summed E-state index contributed by atoms with van der Waals surface area (Å²) in [7, 11) is 1.43. The Morgan fingerprint density at radius 1 is 1.29 bits per heavy atom. The first-order chi connectivity index (χ1) is 9.93. The summed E-state index contributed by atoms with van der Waals surface area (Å²) in [5, 5.41) is 3.22. The van der Waals surface area contributed by atoms with Crippen LogP contribution in [0.15, 0.2) is 0 Å². The van der Waals surface area contributed by atoms with Gasteiger partial charge in [-0.2, -0.15) is 0 Å². The van der Waals surface area contributed by atoms with E-state index < -0.39 is 5.54 Å². The number of likely N-dealkylation sites (N-methyl/N-ethyl adjacent to an activating group) is 1. The van der Waals surface area contributed by atoms with Crippen molar-refractivity contribution in [2.45, 2.75) is 78.4 Å². The number of ether oxygens (including phenoxy) is 2. The molecule has 0 amide bonds. The number of esters is 1. The first-order valence-corrected chi connectivity index (χ1v) is 8.38. The summed E-state index contributed by atoms with van der Waals surface area (Å²) in [5.74, 6) is 0.397. The minimum atomic E-state index is -0.673. The van der Waals surface area contributed by atoms with E-state index in [0.29, 0.717) is 12.3 Å². The Labute approximate surface area is 131 Å². The zero-order chi connectivity index (χ0) is 16.3. The lowest BCUT2D eigenvalue weighted by Gasteiger charge is -2.30. The van der Waals surface area contributed by atoms with Gasteiger partial charge in [-0.25, -0.2) is 0 Å². The SMILES string of the molecule is CCCCC(CC)COC(C)CC(C)(NCC)C(=O)OC. The molecule has 0 saturated carbocycles. The molecule has 0 bridgehead atoms. The van der Waals surface area contributed by atoms with E-state index in [1.807, 2.05) is 20.8 Å². The van der Waals surface area contributed by atoms with Crippen molar-refractivity contribution in [3.8, 4) is 0 Å². The number of hydrogen-bond acceptors (Lipinski definition) is 4. The molecule has 0 rings (SSSR count). The van der Waals surface area contributed by atoms with Crippen molar-refractivity contribution in [1.82, 2.24) is 5.32 Å². The van der Waals surface area contributed by atoms with Crippen LogP contribution in [0.25, 0.3) is 0 Å². The van der Waals surface area contributed by atoms with Crippen LogP contribution in [0.2, 0.25) is 0 Å². The van der Waals surface area contributed by atoms with Crippen LogP contribution >= 0.6 is 0 Å². The van der Waals surface area contributed by atoms with Crippen molar-refractivity contribution in [2.75, 3.05) is 20.3 Å². The molecule has 0 radical (unpaired) electrons. The highest BCUT2D eigenvalue weighted by molar-refractivity contribution is 5.80. The summed E-state index contributed by atoms with van der Waals surface area (Å²) < 4.78 is 10.9. The molecular formula is C17H35NO3. The van der Waals surface area contributed by atoms with Gasteiger partial charge in [-0.3, -0.25) is 4.79 Å². The van der Waals surface area contributed by atoms with Gasteiger partial charge in [-0.1, -0.05) is 40.0 Å². The number of carbonyl (C=O) groups is 1. The zero-order valence-corrected chi connectivity index (χ0v) is 14.8. The minimum Gasteiger partial charge on any atom is -0.468 e. The maximum atomic E-state index is 12.0. The van der Waals surface area contributed by atoms with Crippen LogP contribution in [-0.4, -0.2) is 37.9 Å². The highest BCUT2D eigenvalue weighted by Crippen LogP contribution is 2.19. The second kappa shape index (κ2) is 11.0. The molecule has 0 spiro atoms. The van der Waals surface area contributed by atoms with Gasteiger partial charge in [0.2, 0.25) is 0 Å². The number of unbranched alkanes of at least 4 members (excludes halogenated alkanes) is 1. The average molecular weight is 301 g/mol. The minimum absolute atomic E-state index is 0.0313. The summed E-state index contributed by atoms with van der Waals surface area (Å²) in [6.45, 7) is 11.8. The molecule has 0 fully saturated rings. The van der Waals surface area contributed by atoms with Gasteiger partial charge in [-0.15, -0.1) is 0 Å². The third-order valence-corrected chi connectivity index (χ3v) is 4.06. The van der Waals surface area contributed by atoms with E-state index >= 15 is 0 Å². The van der Waals surface area contributed by atoms with E-state index in [9.17, 15) is 4.79 Å². The Bertz CT molecular complexity index is 283. The molecule has 0 saturated heterocycles. The van der Waals surface area contributed by atoms with Gasteiger partial charge in [0, 0.05) is 13.0 Å². The summed E-state index contributed by atoms with van der Waals surface area (Å²) in [5.41, 5.74) is -0.673. The van der Waals surface area contributed by atoms with E-state index in [0.717, 1.165) is 19.6 Å². The van der Waals surface area contributed by atoms with Gasteiger partial charge in [0.25, 0.3) is 0 Å². The summed E-state index contributed by atoms with van der Waals surface area (Å²) in [4.78, 5) is 12.0. The number of rotatable bonds is 12. The van der Waals surface area contributed by atoms with Gasteiger partial charge in [0.05, 0.1) is 13.2 Å². The fourth-order valence-corrected chi connectivity index (χ4v) is 2.68. The van der Waals surface area contributed by atoms with Crippen LogP contribution in [0.3, 0.4) is 0 Å². The van der Waals surface area contributed by atoms with Gasteiger partial charge in [0.15, 0.2) is 0 Å². The Balaban J connectivity index is 4.36. The molecule has 3 unspecified atom stereocenters. The van der Waals surface area contributed by atoms with Crippen LogP contribution in [0.4, 0.5) is 0 Å². The van der Waals surface area contributed by atoms with Crippen molar-refractivity contribution >= 4 is 5.97 Å². The van der Waals surface area contributed by atoms with Crippen molar-refractivity contribution < 1.29 is 14.3 Å². The molecule has 0 aliphatic carbocycles. The van der Waals surface area contributed by atoms with Gasteiger partial charge in [-0.05, 0) is 32.7 Å². The topological polar surface area (TPSA) is 47.6 Å². The van der Waals surface area contributed by atoms with E-state index in [-0.39, 0.29) is 12.1 Å². The molecule has 4 nitrogen and oxygen atoms in total. The third kappa shape index (κ3) is 7.82. The highest BCUT2D eigenvalue weighted by atomic mass is 16.5. The number of carbonyl (C=O) groups excluding carboxylic acids is 1. The van der Waals surface area contributed by atoms with Crippen molar-refractivity contribution in [3.63, 3.8) is 0 Å². The molecule has 0 aliphatic rings. The van der Waals surface area contributed by atoms with Crippen LogP contribution < -0.4 is 5.32 Å². The Hall–Kier alpha value is -0.610. The van der Waals surface area contributed by atoms with Crippen molar-refractivity contribution in [3.05, 3.63) is 0 Å². The maximum absolute atomic E-state index is 12.0. The van der Waals surface area contributed by atoms with E-state index in [4.69, 9.17) is 9.47 Å². The first kappa shape index (κ1) is 20.4. The van der Waals surface area contributed by atoms with Crippen LogP contribution in [0.1, 0.15) is 66.7 Å². The Morgan fingerprint density at radius 2 is 1.95 bits per heavy atom. The van der Waals surface area contributed by atoms with Crippen LogP contribution in [0.5, 0.6) is 0 Å². The van der Waals surface area contributed by atoms with Crippen molar-refractivity contribution in [1.29, 1.82) is 0 Å². The average Bonchev–Trinajstić information content (AvgIpc) is 2.46. The second-order valence-corrected chi connectivity index (χ2v) is 6.12.